The number of hydrogen-bond donors (Lipinski definition) is 0. The van der Waals surface area contributed by atoms with Gasteiger partial charge in [0.2, 0.25) is 0 Å². The Balaban J connectivity index is 1.32. The summed E-state index contributed by atoms with van der Waals surface area (Å²) in [5.74, 6) is -0.123. The third-order valence-electron chi connectivity index (χ3n) is 7.05. The van der Waals surface area contributed by atoms with Crippen molar-refractivity contribution in [1.82, 2.24) is 4.90 Å². The van der Waals surface area contributed by atoms with Crippen LogP contribution in [0.2, 0.25) is 0 Å². The Morgan fingerprint density at radius 2 is 1.49 bits per heavy atom. The fourth-order valence-corrected chi connectivity index (χ4v) is 4.91. The van der Waals surface area contributed by atoms with Gasteiger partial charge in [-0.1, -0.05) is 72.8 Å². The molecule has 1 aliphatic rings. The fourth-order valence-electron chi connectivity index (χ4n) is 4.91. The molecule has 0 radical (unpaired) electrons. The van der Waals surface area contributed by atoms with E-state index in [1.165, 1.54) is 16.8 Å². The summed E-state index contributed by atoms with van der Waals surface area (Å²) in [7, 11) is 0. The van der Waals surface area contributed by atoms with E-state index in [4.69, 9.17) is 4.74 Å². The number of anilines is 1. The third-order valence-corrected chi connectivity index (χ3v) is 7.05. The molecule has 0 spiro atoms. The zero-order chi connectivity index (χ0) is 24.7. The smallest absolute Gasteiger partial charge is 0.316 e. The van der Waals surface area contributed by atoms with Gasteiger partial charge in [0.1, 0.15) is 0 Å². The molecule has 0 amide bonds. The molecule has 1 atom stereocenters. The van der Waals surface area contributed by atoms with Crippen LogP contribution in [0.25, 0.3) is 11.1 Å². The molecule has 1 unspecified atom stereocenters. The normalized spacial score (nSPS) is 16.2. The van der Waals surface area contributed by atoms with Crippen molar-refractivity contribution in [3.8, 4) is 11.1 Å². The highest BCUT2D eigenvalue weighted by atomic mass is 16.5. The predicted molar refractivity (Wildman–Crippen MR) is 145 cm³/mol. The largest absolute Gasteiger partial charge is 0.462 e. The van der Waals surface area contributed by atoms with Crippen LogP contribution in [0.4, 0.5) is 5.69 Å². The van der Waals surface area contributed by atoms with Crippen molar-refractivity contribution in [2.75, 3.05) is 37.6 Å². The highest BCUT2D eigenvalue weighted by Crippen LogP contribution is 2.31. The van der Waals surface area contributed by atoms with Gasteiger partial charge in [0.15, 0.2) is 0 Å². The quantitative estimate of drug-likeness (QED) is 0.350. The average molecular weight is 471 g/mol. The van der Waals surface area contributed by atoms with Gasteiger partial charge in [0.05, 0.1) is 11.5 Å². The van der Waals surface area contributed by atoms with Gasteiger partial charge in [-0.3, -0.25) is 9.69 Å². The van der Waals surface area contributed by atoms with Crippen LogP contribution in [-0.4, -0.2) is 49.7 Å². The molecule has 1 aliphatic heterocycles. The minimum Gasteiger partial charge on any atom is -0.462 e. The van der Waals surface area contributed by atoms with Crippen molar-refractivity contribution in [2.45, 2.75) is 45.1 Å². The minimum absolute atomic E-state index is 0.112. The van der Waals surface area contributed by atoms with Crippen LogP contribution in [0.5, 0.6) is 0 Å². The zero-order valence-corrected chi connectivity index (χ0v) is 21.3. The molecule has 0 saturated carbocycles. The molecule has 0 aliphatic carbocycles. The molecule has 0 N–H and O–H groups in total. The molecule has 0 aromatic heterocycles. The van der Waals surface area contributed by atoms with E-state index in [0.717, 1.165) is 51.1 Å². The van der Waals surface area contributed by atoms with Gasteiger partial charge >= 0.3 is 5.97 Å². The maximum Gasteiger partial charge on any atom is 0.316 e. The lowest BCUT2D eigenvalue weighted by molar-refractivity contribution is -0.154. The van der Waals surface area contributed by atoms with E-state index in [1.807, 2.05) is 51.1 Å². The van der Waals surface area contributed by atoms with Crippen molar-refractivity contribution >= 4 is 11.7 Å². The number of piperazine rings is 1. The second kappa shape index (κ2) is 11.5. The van der Waals surface area contributed by atoms with Crippen molar-refractivity contribution in [3.63, 3.8) is 0 Å². The van der Waals surface area contributed by atoms with E-state index in [9.17, 15) is 4.79 Å². The van der Waals surface area contributed by atoms with Crippen molar-refractivity contribution in [2.24, 2.45) is 0 Å². The topological polar surface area (TPSA) is 32.8 Å². The van der Waals surface area contributed by atoms with Gasteiger partial charge < -0.3 is 9.64 Å². The molecule has 35 heavy (non-hydrogen) atoms. The first-order valence-corrected chi connectivity index (χ1v) is 12.8. The fraction of sp³-hybridized carbons (Fsp3) is 0.387. The van der Waals surface area contributed by atoms with Gasteiger partial charge in [0, 0.05) is 31.9 Å². The lowest BCUT2D eigenvalue weighted by atomic mass is 9.78. The van der Waals surface area contributed by atoms with Gasteiger partial charge in [-0.05, 0) is 69.0 Å². The molecule has 0 bridgehead atoms. The van der Waals surface area contributed by atoms with E-state index < -0.39 is 5.41 Å². The van der Waals surface area contributed by atoms with Crippen LogP contribution in [0.1, 0.15) is 39.2 Å². The Labute approximate surface area is 210 Å². The first-order chi connectivity index (χ1) is 17.0. The zero-order valence-electron chi connectivity index (χ0n) is 21.3. The van der Waals surface area contributed by atoms with Crippen LogP contribution < -0.4 is 4.90 Å². The highest BCUT2D eigenvalue weighted by molar-refractivity contribution is 5.82. The summed E-state index contributed by atoms with van der Waals surface area (Å²) in [4.78, 5) is 18.1. The van der Waals surface area contributed by atoms with E-state index in [0.29, 0.717) is 0 Å². The van der Waals surface area contributed by atoms with Gasteiger partial charge in [-0.2, -0.15) is 0 Å². The van der Waals surface area contributed by atoms with Crippen molar-refractivity contribution in [3.05, 3.63) is 90.5 Å². The molecule has 3 aromatic rings. The minimum atomic E-state index is -0.620. The monoisotopic (exact) mass is 470 g/mol. The summed E-state index contributed by atoms with van der Waals surface area (Å²) in [5.41, 5.74) is 4.22. The third kappa shape index (κ3) is 6.32. The molecular weight excluding hydrogens is 432 g/mol. The first kappa shape index (κ1) is 25.0. The summed E-state index contributed by atoms with van der Waals surface area (Å²) < 4.78 is 5.66. The highest BCUT2D eigenvalue weighted by Gasteiger charge is 2.37. The lowest BCUT2D eigenvalue weighted by Gasteiger charge is -2.37. The molecule has 184 valence electrons. The molecule has 1 fully saturated rings. The molecule has 4 nitrogen and oxygen atoms in total. The number of benzene rings is 3. The number of nitrogens with zero attached hydrogens (tertiary/aromatic N) is 2. The molecule has 4 rings (SSSR count). The van der Waals surface area contributed by atoms with E-state index in [-0.39, 0.29) is 12.1 Å². The number of rotatable bonds is 9. The van der Waals surface area contributed by atoms with E-state index in [2.05, 4.69) is 64.4 Å². The number of carbonyl (C=O) groups is 1. The van der Waals surface area contributed by atoms with Crippen LogP contribution in [0.15, 0.2) is 84.9 Å². The summed E-state index contributed by atoms with van der Waals surface area (Å²) in [6.45, 7) is 11.0. The Morgan fingerprint density at radius 3 is 2.14 bits per heavy atom. The summed E-state index contributed by atoms with van der Waals surface area (Å²) >= 11 is 0. The van der Waals surface area contributed by atoms with Crippen molar-refractivity contribution in [1.29, 1.82) is 0 Å². The maximum absolute atomic E-state index is 13.0. The molecule has 1 heterocycles. The second-order valence-electron chi connectivity index (χ2n) is 10.0. The van der Waals surface area contributed by atoms with Crippen LogP contribution in [0.3, 0.4) is 0 Å². The van der Waals surface area contributed by atoms with Crippen LogP contribution in [-0.2, 0) is 14.9 Å². The van der Waals surface area contributed by atoms with E-state index in [1.54, 1.807) is 0 Å². The van der Waals surface area contributed by atoms with E-state index >= 15 is 0 Å². The average Bonchev–Trinajstić information content (AvgIpc) is 2.89. The molecule has 3 aromatic carbocycles. The van der Waals surface area contributed by atoms with Crippen molar-refractivity contribution < 1.29 is 9.53 Å². The number of esters is 1. The summed E-state index contributed by atoms with van der Waals surface area (Å²) in [6.07, 6.45) is 1.63. The molecule has 4 heteroatoms. The van der Waals surface area contributed by atoms with Gasteiger partial charge in [0.25, 0.3) is 0 Å². The molecular formula is C31H38N2O2. The van der Waals surface area contributed by atoms with Gasteiger partial charge in [-0.15, -0.1) is 0 Å². The first-order valence-electron chi connectivity index (χ1n) is 12.8. The second-order valence-corrected chi connectivity index (χ2v) is 10.0. The number of ether oxygens (including phenoxy) is 1. The number of carbonyl (C=O) groups excluding carboxylic acids is 1. The lowest BCUT2D eigenvalue weighted by Crippen LogP contribution is -2.47. The Kier molecular flexibility index (Phi) is 8.25. The molecule has 1 saturated heterocycles. The Hall–Kier alpha value is -3.11. The summed E-state index contributed by atoms with van der Waals surface area (Å²) in [6, 6.07) is 29.5. The Bertz CT molecular complexity index is 1080. The van der Waals surface area contributed by atoms with Crippen LogP contribution in [0, 0.1) is 0 Å². The SMILES string of the molecule is CC(C)OC(=O)C(C)(CCCN1CCN(c2cccc(-c3ccccc3)c2)CC1)c1ccccc1. The van der Waals surface area contributed by atoms with Gasteiger partial charge in [-0.25, -0.2) is 0 Å². The maximum atomic E-state index is 13.0. The number of hydrogen-bond acceptors (Lipinski definition) is 4. The predicted octanol–water partition coefficient (Wildman–Crippen LogP) is 6.17. The summed E-state index contributed by atoms with van der Waals surface area (Å²) in [5, 5.41) is 0. The Morgan fingerprint density at radius 1 is 0.857 bits per heavy atom. The standard InChI is InChI=1S/C31H38N2O2/c1-25(2)35-30(34)31(3,28-15-8-5-9-16-28)18-11-19-32-20-22-33(23-21-32)29-17-10-14-27(24-29)26-12-6-4-7-13-26/h4-10,12-17,24-25H,11,18-23H2,1-3H3. The van der Waals surface area contributed by atoms with Crippen LogP contribution >= 0.6 is 0 Å².